The second kappa shape index (κ2) is 6.89. The van der Waals surface area contributed by atoms with Gasteiger partial charge in [-0.25, -0.2) is 4.79 Å². The number of carbonyl (C=O) groups is 1. The lowest BCUT2D eigenvalue weighted by Gasteiger charge is -2.08. The van der Waals surface area contributed by atoms with Gasteiger partial charge in [-0.1, -0.05) is 31.2 Å². The Bertz CT molecular complexity index is 876. The number of rotatable bonds is 5. The minimum Gasteiger partial charge on any atom is -0.465 e. The van der Waals surface area contributed by atoms with Crippen LogP contribution in [0, 0.1) is 0 Å². The van der Waals surface area contributed by atoms with Crippen LogP contribution >= 0.6 is 0 Å². The second-order valence-electron chi connectivity index (χ2n) is 5.63. The van der Waals surface area contributed by atoms with Gasteiger partial charge in [0.1, 0.15) is 18.0 Å². The minimum absolute atomic E-state index is 0.362. The van der Waals surface area contributed by atoms with Crippen LogP contribution in [0.5, 0.6) is 0 Å². The first-order valence-corrected chi connectivity index (χ1v) is 7.89. The van der Waals surface area contributed by atoms with E-state index in [1.807, 2.05) is 24.3 Å². The van der Waals surface area contributed by atoms with Gasteiger partial charge in [0, 0.05) is 18.1 Å². The van der Waals surface area contributed by atoms with E-state index in [9.17, 15) is 4.79 Å². The van der Waals surface area contributed by atoms with Crippen LogP contribution in [0.2, 0.25) is 0 Å². The van der Waals surface area contributed by atoms with Crippen molar-refractivity contribution in [1.29, 1.82) is 0 Å². The zero-order chi connectivity index (χ0) is 17.1. The summed E-state index contributed by atoms with van der Waals surface area (Å²) in [6.45, 7) is 2.50. The van der Waals surface area contributed by atoms with Crippen molar-refractivity contribution in [3.05, 3.63) is 59.4 Å². The number of ether oxygens (including phenoxy) is 2. The zero-order valence-corrected chi connectivity index (χ0v) is 14.1. The van der Waals surface area contributed by atoms with E-state index in [1.165, 1.54) is 12.7 Å². The van der Waals surface area contributed by atoms with Gasteiger partial charge < -0.3 is 13.9 Å². The smallest absolute Gasteiger partial charge is 0.337 e. The molecule has 0 spiro atoms. The Morgan fingerprint density at radius 3 is 2.67 bits per heavy atom. The number of carbonyl (C=O) groups excluding carboxylic acids is 1. The maximum Gasteiger partial charge on any atom is 0.337 e. The molecule has 3 rings (SSSR count). The van der Waals surface area contributed by atoms with Crippen molar-refractivity contribution in [1.82, 2.24) is 0 Å². The number of methoxy groups -OCH3 is 2. The summed E-state index contributed by atoms with van der Waals surface area (Å²) >= 11 is 0. The number of furan rings is 1. The van der Waals surface area contributed by atoms with Crippen LogP contribution in [0.1, 0.15) is 28.6 Å². The summed E-state index contributed by atoms with van der Waals surface area (Å²) in [7, 11) is 3.01. The maximum atomic E-state index is 12.0. The van der Waals surface area contributed by atoms with E-state index in [2.05, 4.69) is 19.1 Å². The van der Waals surface area contributed by atoms with Crippen molar-refractivity contribution in [2.24, 2.45) is 0 Å². The van der Waals surface area contributed by atoms with Crippen molar-refractivity contribution < 1.29 is 18.7 Å². The predicted molar refractivity (Wildman–Crippen MR) is 93.1 cm³/mol. The van der Waals surface area contributed by atoms with Gasteiger partial charge in [-0.05, 0) is 35.7 Å². The van der Waals surface area contributed by atoms with E-state index in [0.717, 1.165) is 34.3 Å². The zero-order valence-electron chi connectivity index (χ0n) is 14.1. The molecule has 24 heavy (non-hydrogen) atoms. The summed E-state index contributed by atoms with van der Waals surface area (Å²) in [6, 6.07) is 13.8. The minimum atomic E-state index is -0.362. The SMILES string of the molecule is CCc1cccc(-c2cc(C(=O)OC)cc3cc(COC)oc23)c1. The van der Waals surface area contributed by atoms with Gasteiger partial charge in [-0.15, -0.1) is 0 Å². The van der Waals surface area contributed by atoms with E-state index in [0.29, 0.717) is 12.2 Å². The lowest BCUT2D eigenvalue weighted by atomic mass is 9.98. The Labute approximate surface area is 141 Å². The average Bonchev–Trinajstić information content (AvgIpc) is 3.03. The van der Waals surface area contributed by atoms with Crippen molar-refractivity contribution in [2.45, 2.75) is 20.0 Å². The fraction of sp³-hybridized carbons (Fsp3) is 0.250. The number of aryl methyl sites for hydroxylation is 1. The molecule has 124 valence electrons. The third-order valence-corrected chi connectivity index (χ3v) is 4.02. The first kappa shape index (κ1) is 16.3. The van der Waals surface area contributed by atoms with Gasteiger partial charge in [0.15, 0.2) is 0 Å². The molecule has 2 aromatic carbocycles. The first-order valence-electron chi connectivity index (χ1n) is 7.89. The maximum absolute atomic E-state index is 12.0. The number of benzene rings is 2. The fourth-order valence-electron chi connectivity index (χ4n) is 2.83. The fourth-order valence-corrected chi connectivity index (χ4v) is 2.83. The normalized spacial score (nSPS) is 11.0. The Morgan fingerprint density at radius 2 is 1.96 bits per heavy atom. The van der Waals surface area contributed by atoms with E-state index < -0.39 is 0 Å². The monoisotopic (exact) mass is 324 g/mol. The Morgan fingerprint density at radius 1 is 1.12 bits per heavy atom. The van der Waals surface area contributed by atoms with Crippen LogP contribution in [0.15, 0.2) is 46.9 Å². The summed E-state index contributed by atoms with van der Waals surface area (Å²) in [4.78, 5) is 12.0. The topological polar surface area (TPSA) is 48.7 Å². The average molecular weight is 324 g/mol. The molecule has 0 fully saturated rings. The standard InChI is InChI=1S/C20H20O4/c1-4-13-6-5-7-14(8-13)18-11-16(20(21)23-3)9-15-10-17(12-22-2)24-19(15)18/h5-11H,4,12H2,1-3H3. The number of hydrogen-bond donors (Lipinski definition) is 0. The lowest BCUT2D eigenvalue weighted by molar-refractivity contribution is 0.0601. The molecule has 4 nitrogen and oxygen atoms in total. The molecule has 0 aliphatic heterocycles. The number of hydrogen-bond acceptors (Lipinski definition) is 4. The molecule has 0 radical (unpaired) electrons. The molecule has 0 aliphatic carbocycles. The molecule has 0 aliphatic rings. The van der Waals surface area contributed by atoms with Crippen molar-refractivity contribution in [3.8, 4) is 11.1 Å². The van der Waals surface area contributed by atoms with Gasteiger partial charge in [-0.3, -0.25) is 0 Å². The molecule has 0 amide bonds. The summed E-state index contributed by atoms with van der Waals surface area (Å²) in [5.74, 6) is 0.363. The van der Waals surface area contributed by atoms with E-state index in [1.54, 1.807) is 13.2 Å². The van der Waals surface area contributed by atoms with Crippen LogP contribution in [-0.2, 0) is 22.5 Å². The van der Waals surface area contributed by atoms with E-state index >= 15 is 0 Å². The molecule has 3 aromatic rings. The van der Waals surface area contributed by atoms with Crippen LogP contribution in [-0.4, -0.2) is 20.2 Å². The van der Waals surface area contributed by atoms with E-state index in [-0.39, 0.29) is 5.97 Å². The first-order chi connectivity index (χ1) is 11.7. The molecular weight excluding hydrogens is 304 g/mol. The summed E-state index contributed by atoms with van der Waals surface area (Å²) < 4.78 is 16.0. The van der Waals surface area contributed by atoms with Crippen LogP contribution in [0.4, 0.5) is 0 Å². The molecule has 0 bridgehead atoms. The molecule has 0 atom stereocenters. The molecule has 0 saturated heterocycles. The molecular formula is C20H20O4. The lowest BCUT2D eigenvalue weighted by Crippen LogP contribution is -2.01. The largest absolute Gasteiger partial charge is 0.465 e. The molecule has 0 saturated carbocycles. The highest BCUT2D eigenvalue weighted by molar-refractivity contribution is 6.01. The Hall–Kier alpha value is -2.59. The second-order valence-corrected chi connectivity index (χ2v) is 5.63. The van der Waals surface area contributed by atoms with Crippen molar-refractivity contribution >= 4 is 16.9 Å². The highest BCUT2D eigenvalue weighted by atomic mass is 16.5. The quantitative estimate of drug-likeness (QED) is 0.644. The molecule has 1 aromatic heterocycles. The van der Waals surface area contributed by atoms with Gasteiger partial charge in [0.2, 0.25) is 0 Å². The van der Waals surface area contributed by atoms with Gasteiger partial charge in [0.05, 0.1) is 12.7 Å². The van der Waals surface area contributed by atoms with Gasteiger partial charge in [0.25, 0.3) is 0 Å². The molecule has 4 heteroatoms. The summed E-state index contributed by atoms with van der Waals surface area (Å²) in [5, 5.41) is 0.863. The summed E-state index contributed by atoms with van der Waals surface area (Å²) in [6.07, 6.45) is 0.945. The third kappa shape index (κ3) is 3.05. The highest BCUT2D eigenvalue weighted by Gasteiger charge is 2.16. The van der Waals surface area contributed by atoms with Crippen LogP contribution in [0.25, 0.3) is 22.1 Å². The molecule has 0 unspecified atom stereocenters. The third-order valence-electron chi connectivity index (χ3n) is 4.02. The highest BCUT2D eigenvalue weighted by Crippen LogP contribution is 2.33. The van der Waals surface area contributed by atoms with Gasteiger partial charge in [-0.2, -0.15) is 0 Å². The molecule has 0 N–H and O–H groups in total. The van der Waals surface area contributed by atoms with Crippen molar-refractivity contribution in [2.75, 3.05) is 14.2 Å². The van der Waals surface area contributed by atoms with Crippen LogP contribution < -0.4 is 0 Å². The van der Waals surface area contributed by atoms with Crippen molar-refractivity contribution in [3.63, 3.8) is 0 Å². The van der Waals surface area contributed by atoms with Crippen LogP contribution in [0.3, 0.4) is 0 Å². The Balaban J connectivity index is 2.24. The Kier molecular flexibility index (Phi) is 4.67. The number of esters is 1. The predicted octanol–water partition coefficient (Wildman–Crippen LogP) is 4.60. The summed E-state index contributed by atoms with van der Waals surface area (Å²) in [5.41, 5.74) is 4.39. The van der Waals surface area contributed by atoms with Gasteiger partial charge >= 0.3 is 5.97 Å². The number of fused-ring (bicyclic) bond motifs is 1. The van der Waals surface area contributed by atoms with E-state index in [4.69, 9.17) is 13.9 Å². The molecule has 1 heterocycles.